The van der Waals surface area contributed by atoms with Crippen LogP contribution >= 0.6 is 22.7 Å². The van der Waals surface area contributed by atoms with Gasteiger partial charge in [0.25, 0.3) is 0 Å². The van der Waals surface area contributed by atoms with Gasteiger partial charge < -0.3 is 10.2 Å². The summed E-state index contributed by atoms with van der Waals surface area (Å²) in [4.78, 5) is 28.8. The number of hydrogen-bond donors (Lipinski definition) is 1. The van der Waals surface area contributed by atoms with Crippen LogP contribution in [0.4, 0.5) is 5.95 Å². The van der Waals surface area contributed by atoms with Crippen molar-refractivity contribution in [1.82, 2.24) is 20.3 Å². The van der Waals surface area contributed by atoms with Crippen molar-refractivity contribution >= 4 is 34.5 Å². The lowest BCUT2D eigenvalue weighted by molar-refractivity contribution is -0.125. The summed E-state index contributed by atoms with van der Waals surface area (Å²) in [5, 5.41) is 10.4. The summed E-state index contributed by atoms with van der Waals surface area (Å²) in [5.41, 5.74) is 3.05. The zero-order valence-corrected chi connectivity index (χ0v) is 18.4. The molecular weight excluding hydrogens is 414 g/mol. The van der Waals surface area contributed by atoms with Gasteiger partial charge in [-0.25, -0.2) is 15.0 Å². The van der Waals surface area contributed by atoms with Gasteiger partial charge in [0, 0.05) is 48.4 Å². The van der Waals surface area contributed by atoms with Crippen LogP contribution in [-0.2, 0) is 4.79 Å². The molecule has 0 spiro atoms. The van der Waals surface area contributed by atoms with Crippen LogP contribution in [0.5, 0.6) is 0 Å². The summed E-state index contributed by atoms with van der Waals surface area (Å²) in [6.45, 7) is 1.70. The molecule has 1 saturated heterocycles. The average molecular weight is 440 g/mol. The van der Waals surface area contributed by atoms with Crippen molar-refractivity contribution in [2.24, 2.45) is 5.92 Å². The van der Waals surface area contributed by atoms with E-state index in [1.807, 2.05) is 17.8 Å². The van der Waals surface area contributed by atoms with E-state index in [0.717, 1.165) is 66.5 Å². The van der Waals surface area contributed by atoms with E-state index in [1.165, 1.54) is 12.8 Å². The van der Waals surface area contributed by atoms with Gasteiger partial charge >= 0.3 is 0 Å². The molecule has 1 amide bonds. The Hall–Kier alpha value is -2.32. The molecule has 1 saturated carbocycles. The third kappa shape index (κ3) is 4.11. The van der Waals surface area contributed by atoms with Gasteiger partial charge in [-0.15, -0.1) is 11.3 Å². The van der Waals surface area contributed by atoms with Crippen molar-refractivity contribution < 1.29 is 4.79 Å². The summed E-state index contributed by atoms with van der Waals surface area (Å²) in [6.07, 6.45) is 10.1. The van der Waals surface area contributed by atoms with Crippen molar-refractivity contribution in [2.75, 3.05) is 18.0 Å². The maximum absolute atomic E-state index is 12.4. The van der Waals surface area contributed by atoms with Gasteiger partial charge in [-0.05, 0) is 48.1 Å². The molecule has 3 aromatic rings. The Bertz CT molecular complexity index is 975. The minimum atomic E-state index is 0.233. The fourth-order valence-electron chi connectivity index (χ4n) is 4.39. The summed E-state index contributed by atoms with van der Waals surface area (Å²) in [6, 6.07) is 2.36. The second-order valence-electron chi connectivity index (χ2n) is 8.03. The first-order valence-corrected chi connectivity index (χ1v) is 12.4. The number of carbonyl (C=O) groups is 1. The molecular formula is C22H25N5OS2. The minimum absolute atomic E-state index is 0.233. The van der Waals surface area contributed by atoms with Crippen molar-refractivity contribution in [3.63, 3.8) is 0 Å². The molecule has 2 aliphatic rings. The Labute approximate surface area is 184 Å². The van der Waals surface area contributed by atoms with Crippen LogP contribution < -0.4 is 10.2 Å². The average Bonchev–Trinajstić information content (AvgIpc) is 3.57. The summed E-state index contributed by atoms with van der Waals surface area (Å²) in [7, 11) is 0. The Morgan fingerprint density at radius 1 is 1.10 bits per heavy atom. The van der Waals surface area contributed by atoms with Crippen LogP contribution in [0.15, 0.2) is 34.6 Å². The SMILES string of the molecule is O=C(NC1CCN(c2ncc(-c3ccsc3)c(-c3nccs3)n2)CC1)C1CCCC1. The number of aromatic nitrogens is 3. The Morgan fingerprint density at radius 2 is 1.93 bits per heavy atom. The zero-order valence-electron chi connectivity index (χ0n) is 16.8. The number of thiazole rings is 1. The third-order valence-electron chi connectivity index (χ3n) is 6.09. The number of piperidine rings is 1. The predicted molar refractivity (Wildman–Crippen MR) is 122 cm³/mol. The number of anilines is 1. The maximum Gasteiger partial charge on any atom is 0.225 e. The van der Waals surface area contributed by atoms with Gasteiger partial charge in [0.15, 0.2) is 0 Å². The molecule has 156 valence electrons. The van der Waals surface area contributed by atoms with Gasteiger partial charge in [0.05, 0.1) is 0 Å². The monoisotopic (exact) mass is 439 g/mol. The van der Waals surface area contributed by atoms with Gasteiger partial charge in [0.2, 0.25) is 11.9 Å². The molecule has 8 heteroatoms. The van der Waals surface area contributed by atoms with Crippen LogP contribution in [0.25, 0.3) is 21.8 Å². The van der Waals surface area contributed by atoms with Crippen molar-refractivity contribution in [1.29, 1.82) is 0 Å². The topological polar surface area (TPSA) is 71.0 Å². The normalized spacial score (nSPS) is 18.1. The molecule has 0 unspecified atom stereocenters. The Balaban J connectivity index is 1.29. The van der Waals surface area contributed by atoms with Crippen LogP contribution in [0.3, 0.4) is 0 Å². The van der Waals surface area contributed by atoms with Gasteiger partial charge in [0.1, 0.15) is 10.7 Å². The number of rotatable bonds is 5. The lowest BCUT2D eigenvalue weighted by Gasteiger charge is -2.33. The summed E-state index contributed by atoms with van der Waals surface area (Å²) < 4.78 is 0. The van der Waals surface area contributed by atoms with Crippen LogP contribution in [0.2, 0.25) is 0 Å². The molecule has 1 N–H and O–H groups in total. The molecule has 6 nitrogen and oxygen atoms in total. The molecule has 3 aromatic heterocycles. The van der Waals surface area contributed by atoms with Gasteiger partial charge in [-0.2, -0.15) is 11.3 Å². The standard InChI is InChI=1S/C22H25N5OS2/c28-20(15-3-1-2-4-15)25-17-5-9-27(10-6-17)22-24-13-18(16-7-11-29-14-16)19(26-22)21-23-8-12-30-21/h7-8,11-15,17H,1-6,9-10H2,(H,25,28). The quantitative estimate of drug-likeness (QED) is 0.629. The van der Waals surface area contributed by atoms with E-state index in [1.54, 1.807) is 22.7 Å². The summed E-state index contributed by atoms with van der Waals surface area (Å²) >= 11 is 3.27. The maximum atomic E-state index is 12.4. The fraction of sp³-hybridized carbons (Fsp3) is 0.455. The molecule has 1 aliphatic carbocycles. The molecule has 30 heavy (non-hydrogen) atoms. The second kappa shape index (κ2) is 8.81. The zero-order chi connectivity index (χ0) is 20.3. The molecule has 2 fully saturated rings. The fourth-order valence-corrected chi connectivity index (χ4v) is 5.68. The highest BCUT2D eigenvalue weighted by molar-refractivity contribution is 7.13. The number of nitrogens with zero attached hydrogens (tertiary/aromatic N) is 4. The highest BCUT2D eigenvalue weighted by atomic mass is 32.1. The molecule has 0 bridgehead atoms. The minimum Gasteiger partial charge on any atom is -0.353 e. The van der Waals surface area contributed by atoms with Crippen LogP contribution in [0, 0.1) is 5.92 Å². The number of hydrogen-bond acceptors (Lipinski definition) is 7. The number of carbonyl (C=O) groups excluding carboxylic acids is 1. The first-order chi connectivity index (χ1) is 14.8. The third-order valence-corrected chi connectivity index (χ3v) is 7.56. The number of amides is 1. The molecule has 0 radical (unpaired) electrons. The lowest BCUT2D eigenvalue weighted by atomic mass is 10.0. The first kappa shape index (κ1) is 19.6. The Morgan fingerprint density at radius 3 is 2.63 bits per heavy atom. The Kier molecular flexibility index (Phi) is 5.77. The van der Waals surface area contributed by atoms with E-state index in [9.17, 15) is 4.79 Å². The first-order valence-electron chi connectivity index (χ1n) is 10.6. The summed E-state index contributed by atoms with van der Waals surface area (Å²) in [5.74, 6) is 1.24. The van der Waals surface area contributed by atoms with Crippen molar-refractivity contribution in [2.45, 2.75) is 44.6 Å². The van der Waals surface area contributed by atoms with Gasteiger partial charge in [-0.1, -0.05) is 12.8 Å². The lowest BCUT2D eigenvalue weighted by Crippen LogP contribution is -2.46. The van der Waals surface area contributed by atoms with E-state index >= 15 is 0 Å². The highest BCUT2D eigenvalue weighted by Gasteiger charge is 2.27. The van der Waals surface area contributed by atoms with E-state index in [0.29, 0.717) is 0 Å². The molecule has 4 heterocycles. The largest absolute Gasteiger partial charge is 0.353 e. The second-order valence-corrected chi connectivity index (χ2v) is 9.71. The predicted octanol–water partition coefficient (Wildman–Crippen LogP) is 4.60. The van der Waals surface area contributed by atoms with Gasteiger partial charge in [-0.3, -0.25) is 4.79 Å². The van der Waals surface area contributed by atoms with E-state index in [-0.39, 0.29) is 17.9 Å². The number of nitrogens with one attached hydrogen (secondary N) is 1. The van der Waals surface area contributed by atoms with Crippen LogP contribution in [-0.4, -0.2) is 40.0 Å². The molecule has 0 aromatic carbocycles. The molecule has 5 rings (SSSR count). The smallest absolute Gasteiger partial charge is 0.225 e. The molecule has 0 atom stereocenters. The highest BCUT2D eigenvalue weighted by Crippen LogP contribution is 2.34. The van der Waals surface area contributed by atoms with Crippen LogP contribution in [0.1, 0.15) is 38.5 Å². The molecule has 1 aliphatic heterocycles. The van der Waals surface area contributed by atoms with E-state index in [4.69, 9.17) is 4.98 Å². The van der Waals surface area contributed by atoms with Crippen molar-refractivity contribution in [3.05, 3.63) is 34.6 Å². The van der Waals surface area contributed by atoms with Crippen molar-refractivity contribution in [3.8, 4) is 21.8 Å². The van der Waals surface area contributed by atoms with E-state index in [2.05, 4.69) is 37.0 Å². The number of thiophene rings is 1. The van der Waals surface area contributed by atoms with E-state index < -0.39 is 0 Å².